The number of piperidine rings is 2. The summed E-state index contributed by atoms with van der Waals surface area (Å²) in [6, 6.07) is 11.7. The average molecular weight is 671 g/mol. The molecular weight excluding hydrogens is 620 g/mol. The molecule has 0 radical (unpaired) electrons. The molecule has 3 aromatic rings. The van der Waals surface area contributed by atoms with Gasteiger partial charge in [0, 0.05) is 80.8 Å². The number of amides is 3. The van der Waals surface area contributed by atoms with Gasteiger partial charge in [-0.2, -0.15) is 5.10 Å². The molecule has 262 valence electrons. The smallest absolute Gasteiger partial charge is 0.255 e. The number of anilines is 2. The second kappa shape index (κ2) is 15.4. The van der Waals surface area contributed by atoms with Crippen LogP contribution in [0, 0.1) is 0 Å². The highest BCUT2D eigenvalue weighted by Gasteiger charge is 2.40. The van der Waals surface area contributed by atoms with Crippen LogP contribution in [0.4, 0.5) is 11.4 Å². The summed E-state index contributed by atoms with van der Waals surface area (Å²) in [6.45, 7) is 6.45. The maximum atomic E-state index is 13.2. The molecule has 0 bridgehead atoms. The summed E-state index contributed by atoms with van der Waals surface area (Å²) in [5, 5.41) is 6.99. The van der Waals surface area contributed by atoms with Crippen LogP contribution in [0.25, 0.3) is 11.1 Å². The van der Waals surface area contributed by atoms with E-state index in [4.69, 9.17) is 10.5 Å². The van der Waals surface area contributed by atoms with E-state index in [9.17, 15) is 14.4 Å². The fourth-order valence-electron chi connectivity index (χ4n) is 7.40. The normalized spacial score (nSPS) is 18.5. The van der Waals surface area contributed by atoms with Crippen molar-refractivity contribution in [2.75, 3.05) is 64.6 Å². The minimum absolute atomic E-state index is 0.159. The Morgan fingerprint density at radius 2 is 1.78 bits per heavy atom. The molecule has 1 unspecified atom stereocenters. The quantitative estimate of drug-likeness (QED) is 0.150. The van der Waals surface area contributed by atoms with E-state index in [2.05, 4.69) is 45.3 Å². The second-order valence-electron chi connectivity index (χ2n) is 13.7. The molecule has 3 amide bonds. The van der Waals surface area contributed by atoms with Gasteiger partial charge in [-0.05, 0) is 82.1 Å². The van der Waals surface area contributed by atoms with Crippen LogP contribution in [0.15, 0.2) is 48.8 Å². The first-order valence-electron chi connectivity index (χ1n) is 17.6. The Morgan fingerprint density at radius 1 is 0.980 bits per heavy atom. The van der Waals surface area contributed by atoms with E-state index in [0.29, 0.717) is 30.3 Å². The van der Waals surface area contributed by atoms with Crippen LogP contribution in [-0.2, 0) is 22.7 Å². The zero-order valence-electron chi connectivity index (χ0n) is 29.1. The molecule has 1 aromatic heterocycles. The molecule has 3 aliphatic rings. The summed E-state index contributed by atoms with van der Waals surface area (Å²) in [5.41, 5.74) is 11.3. The Balaban J connectivity index is 0.895. The maximum absolute atomic E-state index is 13.2. The molecule has 3 N–H and O–H groups in total. The number of carbonyl (C=O) groups excluding carboxylic acids is 3. The first-order valence-corrected chi connectivity index (χ1v) is 17.6. The van der Waals surface area contributed by atoms with Gasteiger partial charge in [0.2, 0.25) is 11.8 Å². The lowest BCUT2D eigenvalue weighted by Crippen LogP contribution is -2.52. The first kappa shape index (κ1) is 34.4. The van der Waals surface area contributed by atoms with E-state index in [0.717, 1.165) is 93.8 Å². The van der Waals surface area contributed by atoms with E-state index in [1.54, 1.807) is 12.0 Å². The van der Waals surface area contributed by atoms with Crippen LogP contribution in [0.1, 0.15) is 60.9 Å². The topological polar surface area (TPSA) is 129 Å². The maximum Gasteiger partial charge on any atom is 0.255 e. The van der Waals surface area contributed by atoms with Crippen molar-refractivity contribution in [2.24, 2.45) is 0 Å². The second-order valence-corrected chi connectivity index (χ2v) is 13.7. The number of hydrogen-bond donors (Lipinski definition) is 2. The molecule has 6 rings (SSSR count). The van der Waals surface area contributed by atoms with Crippen molar-refractivity contribution in [1.82, 2.24) is 29.8 Å². The van der Waals surface area contributed by atoms with Crippen LogP contribution >= 0.6 is 0 Å². The zero-order chi connectivity index (χ0) is 34.5. The molecule has 3 aliphatic heterocycles. The van der Waals surface area contributed by atoms with Gasteiger partial charge in [-0.25, -0.2) is 0 Å². The van der Waals surface area contributed by atoms with Crippen molar-refractivity contribution >= 4 is 29.1 Å². The summed E-state index contributed by atoms with van der Waals surface area (Å²) in [5.74, 6) is -0.0962. The van der Waals surface area contributed by atoms with E-state index >= 15 is 0 Å². The van der Waals surface area contributed by atoms with Gasteiger partial charge < -0.3 is 30.1 Å². The average Bonchev–Trinajstić information content (AvgIpc) is 3.71. The summed E-state index contributed by atoms with van der Waals surface area (Å²) in [4.78, 5) is 46.3. The van der Waals surface area contributed by atoms with Crippen molar-refractivity contribution in [2.45, 2.75) is 70.1 Å². The number of methoxy groups -OCH3 is 1. The van der Waals surface area contributed by atoms with E-state index in [-0.39, 0.29) is 18.2 Å². The van der Waals surface area contributed by atoms with E-state index in [1.807, 2.05) is 47.4 Å². The number of likely N-dealkylation sites (N-methyl/N-ethyl adjacent to an activating group) is 2. The lowest BCUT2D eigenvalue weighted by atomic mass is 9.99. The van der Waals surface area contributed by atoms with Crippen LogP contribution in [-0.4, -0.2) is 108 Å². The number of nitrogens with two attached hydrogens (primary N) is 1. The van der Waals surface area contributed by atoms with E-state index < -0.39 is 11.9 Å². The number of rotatable bonds is 14. The zero-order valence-corrected chi connectivity index (χ0v) is 29.1. The number of unbranched alkanes of at least 4 members (excludes halogenated alkanes) is 2. The van der Waals surface area contributed by atoms with Gasteiger partial charge in [0.05, 0.1) is 19.0 Å². The Bertz CT molecular complexity index is 1650. The van der Waals surface area contributed by atoms with Crippen molar-refractivity contribution in [1.29, 1.82) is 0 Å². The molecule has 0 saturated carbocycles. The lowest BCUT2D eigenvalue weighted by molar-refractivity contribution is -0.136. The van der Waals surface area contributed by atoms with Gasteiger partial charge in [0.25, 0.3) is 5.91 Å². The van der Waals surface area contributed by atoms with Gasteiger partial charge in [-0.1, -0.05) is 18.6 Å². The summed E-state index contributed by atoms with van der Waals surface area (Å²) >= 11 is 0. The third-order valence-electron chi connectivity index (χ3n) is 10.5. The number of fused-ring (bicyclic) bond motifs is 1. The molecule has 1 atom stereocenters. The summed E-state index contributed by atoms with van der Waals surface area (Å²) in [6.07, 6.45) is 10.1. The largest absolute Gasteiger partial charge is 0.495 e. The number of hydrogen-bond acceptors (Lipinski definition) is 9. The van der Waals surface area contributed by atoms with E-state index in [1.165, 1.54) is 5.69 Å². The minimum atomic E-state index is -0.621. The molecule has 4 heterocycles. The number of imide groups is 1. The third kappa shape index (κ3) is 7.91. The number of nitrogens with zero attached hydrogens (tertiary/aromatic N) is 6. The lowest BCUT2D eigenvalue weighted by Gasteiger charge is -2.38. The van der Waals surface area contributed by atoms with Crippen LogP contribution in [0.5, 0.6) is 5.75 Å². The fourth-order valence-corrected chi connectivity index (χ4v) is 7.40. The number of ether oxygens (including phenoxy) is 1. The number of nitrogen functional groups attached to an aromatic ring is 1. The SMILES string of the molecule is COc1cc(N2CCC(N(C)CCN(C)CCCCCn3cc(-c4cccc5c4CN(C4CCC(=O)NC4=O)C5=O)cn3)CC2)ccc1N. The third-order valence-corrected chi connectivity index (χ3v) is 10.5. The highest BCUT2D eigenvalue weighted by Crippen LogP contribution is 2.35. The number of aromatic nitrogens is 2. The van der Waals surface area contributed by atoms with Crippen LogP contribution in [0.3, 0.4) is 0 Å². The van der Waals surface area contributed by atoms with Crippen molar-refractivity contribution in [3.05, 3.63) is 59.9 Å². The van der Waals surface area contributed by atoms with Gasteiger partial charge >= 0.3 is 0 Å². The number of nitrogens with one attached hydrogen (secondary N) is 1. The molecule has 12 heteroatoms. The Labute approximate surface area is 289 Å². The molecule has 2 fully saturated rings. The molecule has 12 nitrogen and oxygen atoms in total. The van der Waals surface area contributed by atoms with Gasteiger partial charge in [0.1, 0.15) is 11.8 Å². The molecule has 2 aromatic carbocycles. The van der Waals surface area contributed by atoms with Crippen LogP contribution in [0.2, 0.25) is 0 Å². The number of benzene rings is 2. The fraction of sp³-hybridized carbons (Fsp3) is 0.514. The number of aryl methyl sites for hydroxylation is 1. The highest BCUT2D eigenvalue weighted by molar-refractivity contribution is 6.06. The Morgan fingerprint density at radius 3 is 2.55 bits per heavy atom. The monoisotopic (exact) mass is 670 g/mol. The summed E-state index contributed by atoms with van der Waals surface area (Å²) in [7, 11) is 6.14. The van der Waals surface area contributed by atoms with Crippen LogP contribution < -0.4 is 20.7 Å². The Hall–Kier alpha value is -4.42. The predicted molar refractivity (Wildman–Crippen MR) is 190 cm³/mol. The minimum Gasteiger partial charge on any atom is -0.495 e. The van der Waals surface area contributed by atoms with Crippen molar-refractivity contribution in [3.8, 4) is 16.9 Å². The molecule has 49 heavy (non-hydrogen) atoms. The van der Waals surface area contributed by atoms with Gasteiger partial charge in [-0.3, -0.25) is 24.4 Å². The first-order chi connectivity index (χ1) is 23.7. The molecule has 0 aliphatic carbocycles. The molecular formula is C37H50N8O4. The van der Waals surface area contributed by atoms with Gasteiger partial charge in [0.15, 0.2) is 0 Å². The number of carbonyl (C=O) groups is 3. The predicted octanol–water partition coefficient (Wildman–Crippen LogP) is 3.60. The van der Waals surface area contributed by atoms with Crippen molar-refractivity contribution in [3.63, 3.8) is 0 Å². The molecule has 0 spiro atoms. The summed E-state index contributed by atoms with van der Waals surface area (Å²) < 4.78 is 7.39. The van der Waals surface area contributed by atoms with Crippen molar-refractivity contribution < 1.29 is 19.1 Å². The standard InChI is InChI=1S/C37H50N8O4/c1-41(20-21-42(2)27-14-18-43(19-15-27)28-10-11-32(38)34(22-28)49-3)16-5-4-6-17-44-24-26(23-39-44)29-8-7-9-30-31(29)25-45(37(30)48)33-12-13-35(46)40-36(33)47/h7-11,22-24,27,33H,4-6,12-21,25,38H2,1-3H3,(H,40,46,47). The molecule has 2 saturated heterocycles. The highest BCUT2D eigenvalue weighted by atomic mass is 16.5. The Kier molecular flexibility index (Phi) is 10.8. The van der Waals surface area contributed by atoms with Gasteiger partial charge in [-0.15, -0.1) is 0 Å².